The van der Waals surface area contributed by atoms with Crippen LogP contribution < -0.4 is 5.32 Å². The maximum Gasteiger partial charge on any atom is 0.0587 e. The van der Waals surface area contributed by atoms with Gasteiger partial charge in [0.15, 0.2) is 0 Å². The smallest absolute Gasteiger partial charge is 0.0587 e. The molecule has 1 N–H and O–H groups in total. The first-order valence-corrected chi connectivity index (χ1v) is 5.87. The van der Waals surface area contributed by atoms with Crippen molar-refractivity contribution in [1.29, 1.82) is 0 Å². The average molecular weight is 222 g/mol. The molecule has 0 radical (unpaired) electrons. The fourth-order valence-corrected chi connectivity index (χ4v) is 1.60. The minimum Gasteiger partial charge on any atom is -0.383 e. The number of ether oxygens (including phenoxy) is 1. The van der Waals surface area contributed by atoms with Gasteiger partial charge in [-0.25, -0.2) is 0 Å². The first-order valence-electron chi connectivity index (χ1n) is 5.87. The van der Waals surface area contributed by atoms with E-state index < -0.39 is 0 Å². The zero-order chi connectivity index (χ0) is 11.8. The summed E-state index contributed by atoms with van der Waals surface area (Å²) in [6.07, 6.45) is 1.11. The zero-order valence-electron chi connectivity index (χ0n) is 10.5. The Bertz CT molecular complexity index is 302. The van der Waals surface area contributed by atoms with Crippen LogP contribution in [0.1, 0.15) is 30.7 Å². The van der Waals surface area contributed by atoms with E-state index in [1.165, 1.54) is 5.69 Å². The summed E-state index contributed by atoms with van der Waals surface area (Å²) in [4.78, 5) is 4.54. The molecule has 0 fully saturated rings. The lowest BCUT2D eigenvalue weighted by Gasteiger charge is -2.12. The number of aromatic nitrogens is 1. The van der Waals surface area contributed by atoms with Crippen molar-refractivity contribution in [2.24, 2.45) is 0 Å². The Morgan fingerprint density at radius 1 is 1.38 bits per heavy atom. The van der Waals surface area contributed by atoms with Crippen LogP contribution in [0.25, 0.3) is 0 Å². The lowest BCUT2D eigenvalue weighted by Crippen LogP contribution is -2.21. The topological polar surface area (TPSA) is 34.1 Å². The molecule has 0 saturated carbocycles. The predicted molar refractivity (Wildman–Crippen MR) is 66.8 cm³/mol. The SMILES string of the molecule is COCCNCCC(C)c1cccc(C)n1. The predicted octanol–water partition coefficient (Wildman–Crippen LogP) is 2.12. The van der Waals surface area contributed by atoms with E-state index in [0.717, 1.165) is 31.8 Å². The van der Waals surface area contributed by atoms with Crippen LogP contribution in [0, 0.1) is 6.92 Å². The van der Waals surface area contributed by atoms with Gasteiger partial charge in [-0.15, -0.1) is 0 Å². The fraction of sp³-hybridized carbons (Fsp3) is 0.615. The van der Waals surface area contributed by atoms with Gasteiger partial charge in [0.1, 0.15) is 0 Å². The first-order chi connectivity index (χ1) is 7.74. The van der Waals surface area contributed by atoms with Crippen molar-refractivity contribution < 1.29 is 4.74 Å². The highest BCUT2D eigenvalue weighted by Crippen LogP contribution is 2.15. The Hall–Kier alpha value is -0.930. The van der Waals surface area contributed by atoms with E-state index in [4.69, 9.17) is 4.74 Å². The molecule has 0 saturated heterocycles. The largest absolute Gasteiger partial charge is 0.383 e. The van der Waals surface area contributed by atoms with Crippen LogP contribution in [0.5, 0.6) is 0 Å². The molecule has 16 heavy (non-hydrogen) atoms. The van der Waals surface area contributed by atoms with Gasteiger partial charge >= 0.3 is 0 Å². The second-order valence-corrected chi connectivity index (χ2v) is 4.14. The van der Waals surface area contributed by atoms with Gasteiger partial charge in [0, 0.05) is 25.0 Å². The van der Waals surface area contributed by atoms with Crippen molar-refractivity contribution in [2.45, 2.75) is 26.2 Å². The maximum absolute atomic E-state index is 4.97. The lowest BCUT2D eigenvalue weighted by atomic mass is 10.0. The molecule has 3 heteroatoms. The molecule has 0 amide bonds. The van der Waals surface area contributed by atoms with Gasteiger partial charge in [-0.1, -0.05) is 13.0 Å². The van der Waals surface area contributed by atoms with Crippen molar-refractivity contribution in [1.82, 2.24) is 10.3 Å². The van der Waals surface area contributed by atoms with E-state index in [1.54, 1.807) is 7.11 Å². The zero-order valence-corrected chi connectivity index (χ0v) is 10.5. The summed E-state index contributed by atoms with van der Waals surface area (Å²) < 4.78 is 4.97. The molecule has 0 bridgehead atoms. The van der Waals surface area contributed by atoms with E-state index in [9.17, 15) is 0 Å². The molecule has 0 aromatic carbocycles. The maximum atomic E-state index is 4.97. The third kappa shape index (κ3) is 4.73. The molecule has 1 rings (SSSR count). The van der Waals surface area contributed by atoms with E-state index >= 15 is 0 Å². The number of rotatable bonds is 7. The molecule has 1 aromatic heterocycles. The molecule has 0 spiro atoms. The summed E-state index contributed by atoms with van der Waals surface area (Å²) in [6, 6.07) is 6.21. The molecular weight excluding hydrogens is 200 g/mol. The highest BCUT2D eigenvalue weighted by molar-refractivity contribution is 5.13. The van der Waals surface area contributed by atoms with Crippen molar-refractivity contribution in [3.05, 3.63) is 29.6 Å². The van der Waals surface area contributed by atoms with Crippen LogP contribution >= 0.6 is 0 Å². The fourth-order valence-electron chi connectivity index (χ4n) is 1.60. The number of nitrogens with one attached hydrogen (secondary N) is 1. The summed E-state index contributed by atoms with van der Waals surface area (Å²) in [6.45, 7) is 6.97. The molecule has 0 aliphatic rings. The van der Waals surface area contributed by atoms with E-state index in [2.05, 4.69) is 29.4 Å². The molecule has 90 valence electrons. The van der Waals surface area contributed by atoms with E-state index in [0.29, 0.717) is 5.92 Å². The molecule has 3 nitrogen and oxygen atoms in total. The average Bonchev–Trinajstić information content (AvgIpc) is 2.28. The summed E-state index contributed by atoms with van der Waals surface area (Å²) >= 11 is 0. The van der Waals surface area contributed by atoms with E-state index in [-0.39, 0.29) is 0 Å². The molecule has 0 aliphatic carbocycles. The minimum atomic E-state index is 0.509. The van der Waals surface area contributed by atoms with Crippen LogP contribution in [-0.2, 0) is 4.74 Å². The van der Waals surface area contributed by atoms with Gasteiger partial charge < -0.3 is 10.1 Å². The number of aryl methyl sites for hydroxylation is 1. The normalized spacial score (nSPS) is 12.7. The second kappa shape index (κ2) is 7.36. The third-order valence-electron chi connectivity index (χ3n) is 2.65. The Morgan fingerprint density at radius 3 is 2.88 bits per heavy atom. The summed E-state index contributed by atoms with van der Waals surface area (Å²) in [5, 5.41) is 3.35. The second-order valence-electron chi connectivity index (χ2n) is 4.14. The number of pyridine rings is 1. The summed E-state index contributed by atoms with van der Waals surface area (Å²) in [5.74, 6) is 0.509. The Kier molecular flexibility index (Phi) is 6.04. The quantitative estimate of drug-likeness (QED) is 0.718. The van der Waals surface area contributed by atoms with Gasteiger partial charge in [-0.05, 0) is 37.9 Å². The van der Waals surface area contributed by atoms with Gasteiger partial charge in [0.2, 0.25) is 0 Å². The molecule has 1 heterocycles. The first kappa shape index (κ1) is 13.1. The minimum absolute atomic E-state index is 0.509. The third-order valence-corrected chi connectivity index (χ3v) is 2.65. The molecule has 1 aromatic rings. The molecule has 0 aliphatic heterocycles. The number of methoxy groups -OCH3 is 1. The lowest BCUT2D eigenvalue weighted by molar-refractivity contribution is 0.199. The van der Waals surface area contributed by atoms with Crippen molar-refractivity contribution in [3.63, 3.8) is 0 Å². The molecule has 1 unspecified atom stereocenters. The highest BCUT2D eigenvalue weighted by atomic mass is 16.5. The Labute approximate surface area is 98.2 Å². The van der Waals surface area contributed by atoms with Crippen LogP contribution in [0.4, 0.5) is 0 Å². The monoisotopic (exact) mass is 222 g/mol. The van der Waals surface area contributed by atoms with Crippen molar-refractivity contribution in [2.75, 3.05) is 26.8 Å². The summed E-state index contributed by atoms with van der Waals surface area (Å²) in [7, 11) is 1.72. The van der Waals surface area contributed by atoms with Gasteiger partial charge in [-0.2, -0.15) is 0 Å². The van der Waals surface area contributed by atoms with Gasteiger partial charge in [-0.3, -0.25) is 4.98 Å². The highest BCUT2D eigenvalue weighted by Gasteiger charge is 2.06. The van der Waals surface area contributed by atoms with Crippen molar-refractivity contribution in [3.8, 4) is 0 Å². The number of hydrogen-bond acceptors (Lipinski definition) is 3. The molecule has 1 atom stereocenters. The van der Waals surface area contributed by atoms with Crippen LogP contribution in [0.15, 0.2) is 18.2 Å². The van der Waals surface area contributed by atoms with Crippen LogP contribution in [0.2, 0.25) is 0 Å². The Balaban J connectivity index is 2.27. The Morgan fingerprint density at radius 2 is 2.19 bits per heavy atom. The van der Waals surface area contributed by atoms with E-state index in [1.807, 2.05) is 13.0 Å². The van der Waals surface area contributed by atoms with Crippen molar-refractivity contribution >= 4 is 0 Å². The van der Waals surface area contributed by atoms with Gasteiger partial charge in [0.25, 0.3) is 0 Å². The standard InChI is InChI=1S/C13H22N2O/c1-11(7-8-14-9-10-16-3)13-6-4-5-12(2)15-13/h4-6,11,14H,7-10H2,1-3H3. The molecular formula is C13H22N2O. The van der Waals surface area contributed by atoms with Crippen LogP contribution in [0.3, 0.4) is 0 Å². The van der Waals surface area contributed by atoms with Gasteiger partial charge in [0.05, 0.1) is 6.61 Å². The summed E-state index contributed by atoms with van der Waals surface area (Å²) in [5.41, 5.74) is 2.28. The van der Waals surface area contributed by atoms with Crippen LogP contribution in [-0.4, -0.2) is 31.8 Å². The number of nitrogens with zero attached hydrogens (tertiary/aromatic N) is 1. The number of hydrogen-bond donors (Lipinski definition) is 1.